The number of nitrogens with two attached hydrogens (primary N) is 1. The molecule has 0 fully saturated rings. The molecule has 1 aromatic rings. The molecule has 2 N–H and O–H groups in total. The van der Waals surface area contributed by atoms with Crippen molar-refractivity contribution in [3.8, 4) is 0 Å². The molecule has 2 unspecified atom stereocenters. The average Bonchev–Trinajstić information content (AvgIpc) is 2.35. The minimum atomic E-state index is 0.456. The predicted octanol–water partition coefficient (Wildman–Crippen LogP) is 3.71. The Morgan fingerprint density at radius 1 is 1.16 bits per heavy atom. The molecule has 2 atom stereocenters. The fraction of sp³-hybridized carbons (Fsp3) is 0.647. The minimum absolute atomic E-state index is 0.456. The molecular weight excluding hydrogens is 232 g/mol. The summed E-state index contributed by atoms with van der Waals surface area (Å²) in [5, 5.41) is 0. The first-order valence-corrected chi connectivity index (χ1v) is 7.33. The monoisotopic (exact) mass is 262 g/mol. The van der Waals surface area contributed by atoms with Crippen molar-refractivity contribution in [2.24, 2.45) is 11.7 Å². The van der Waals surface area contributed by atoms with Crippen LogP contribution >= 0.6 is 0 Å². The van der Waals surface area contributed by atoms with E-state index >= 15 is 0 Å². The third kappa shape index (κ3) is 4.32. The summed E-state index contributed by atoms with van der Waals surface area (Å²) in [6, 6.07) is 7.35. The van der Waals surface area contributed by atoms with Crippen LogP contribution < -0.4 is 5.73 Å². The Kier molecular flexibility index (Phi) is 6.02. The van der Waals surface area contributed by atoms with Gasteiger partial charge in [-0.2, -0.15) is 0 Å². The van der Waals surface area contributed by atoms with Gasteiger partial charge in [0, 0.05) is 6.04 Å². The molecule has 0 radical (unpaired) electrons. The van der Waals surface area contributed by atoms with E-state index in [1.165, 1.54) is 16.7 Å². The van der Waals surface area contributed by atoms with Gasteiger partial charge in [0.05, 0.1) is 0 Å². The second kappa shape index (κ2) is 7.06. The molecule has 1 rings (SSSR count). The number of rotatable bonds is 6. The maximum atomic E-state index is 5.80. The van der Waals surface area contributed by atoms with Gasteiger partial charge in [0.1, 0.15) is 0 Å². The number of hydrogen-bond donors (Lipinski definition) is 1. The Morgan fingerprint density at radius 2 is 1.79 bits per heavy atom. The van der Waals surface area contributed by atoms with E-state index in [9.17, 15) is 0 Å². The molecule has 0 saturated heterocycles. The molecule has 108 valence electrons. The second-order valence-electron chi connectivity index (χ2n) is 6.33. The topological polar surface area (TPSA) is 29.3 Å². The molecule has 1 aromatic carbocycles. The Morgan fingerprint density at radius 3 is 2.26 bits per heavy atom. The third-order valence-corrected chi connectivity index (χ3v) is 3.98. The Balaban J connectivity index is 3.10. The molecule has 0 amide bonds. The van der Waals surface area contributed by atoms with Crippen LogP contribution in [-0.2, 0) is 0 Å². The maximum absolute atomic E-state index is 5.80. The van der Waals surface area contributed by atoms with Gasteiger partial charge in [0.2, 0.25) is 0 Å². The molecule has 0 spiro atoms. The first kappa shape index (κ1) is 16.2. The fourth-order valence-electron chi connectivity index (χ4n) is 2.47. The Labute approximate surface area is 119 Å². The summed E-state index contributed by atoms with van der Waals surface area (Å²) >= 11 is 0. The smallest absolute Gasteiger partial charge is 0.0347 e. The molecular formula is C17H30N2. The molecule has 0 bridgehead atoms. The summed E-state index contributed by atoms with van der Waals surface area (Å²) < 4.78 is 0. The van der Waals surface area contributed by atoms with Crippen LogP contribution in [0.15, 0.2) is 18.2 Å². The van der Waals surface area contributed by atoms with Gasteiger partial charge < -0.3 is 10.6 Å². The van der Waals surface area contributed by atoms with Crippen LogP contribution in [0.3, 0.4) is 0 Å². The van der Waals surface area contributed by atoms with Crippen LogP contribution in [0.5, 0.6) is 0 Å². The average molecular weight is 262 g/mol. The van der Waals surface area contributed by atoms with Gasteiger partial charge >= 0.3 is 0 Å². The van der Waals surface area contributed by atoms with Crippen molar-refractivity contribution < 1.29 is 0 Å². The highest BCUT2D eigenvalue weighted by Crippen LogP contribution is 2.30. The van der Waals surface area contributed by atoms with Crippen LogP contribution in [0.25, 0.3) is 0 Å². The third-order valence-electron chi connectivity index (χ3n) is 3.98. The normalized spacial score (nSPS) is 15.0. The molecule has 0 aliphatic carbocycles. The lowest BCUT2D eigenvalue weighted by atomic mass is 9.89. The second-order valence-corrected chi connectivity index (χ2v) is 6.33. The van der Waals surface area contributed by atoms with Crippen molar-refractivity contribution >= 4 is 0 Å². The molecule has 2 nitrogen and oxygen atoms in total. The standard InChI is InChI=1S/C17H30N2/c1-12(2)15-8-7-14(4)16(10-15)17(19(5)6)9-13(3)11-18/h7-8,10,12-13,17H,9,11,18H2,1-6H3. The van der Waals surface area contributed by atoms with E-state index in [0.29, 0.717) is 17.9 Å². The van der Waals surface area contributed by atoms with Crippen LogP contribution in [0.4, 0.5) is 0 Å². The highest BCUT2D eigenvalue weighted by molar-refractivity contribution is 5.35. The first-order chi connectivity index (χ1) is 8.86. The zero-order valence-electron chi connectivity index (χ0n) is 13.4. The number of nitrogens with zero attached hydrogens (tertiary/aromatic N) is 1. The molecule has 2 heteroatoms. The van der Waals surface area contributed by atoms with Crippen LogP contribution in [-0.4, -0.2) is 25.5 Å². The maximum Gasteiger partial charge on any atom is 0.0347 e. The van der Waals surface area contributed by atoms with E-state index in [-0.39, 0.29) is 0 Å². The quantitative estimate of drug-likeness (QED) is 0.847. The molecule has 0 heterocycles. The molecule has 19 heavy (non-hydrogen) atoms. The van der Waals surface area contributed by atoms with Gasteiger partial charge in [-0.05, 0) is 62.5 Å². The first-order valence-electron chi connectivity index (χ1n) is 7.33. The molecule has 0 saturated carbocycles. The van der Waals surface area contributed by atoms with Gasteiger partial charge in [-0.15, -0.1) is 0 Å². The lowest BCUT2D eigenvalue weighted by molar-refractivity contribution is 0.254. The van der Waals surface area contributed by atoms with Crippen molar-refractivity contribution in [3.05, 3.63) is 34.9 Å². The van der Waals surface area contributed by atoms with Crippen molar-refractivity contribution in [1.29, 1.82) is 0 Å². The van der Waals surface area contributed by atoms with Gasteiger partial charge in [-0.3, -0.25) is 0 Å². The lowest BCUT2D eigenvalue weighted by Gasteiger charge is -2.29. The van der Waals surface area contributed by atoms with E-state index in [1.807, 2.05) is 0 Å². The van der Waals surface area contributed by atoms with Crippen LogP contribution in [0.1, 0.15) is 55.8 Å². The van der Waals surface area contributed by atoms with Gasteiger partial charge in [0.15, 0.2) is 0 Å². The summed E-state index contributed by atoms with van der Waals surface area (Å²) in [5.74, 6) is 1.13. The van der Waals surface area contributed by atoms with Crippen molar-refractivity contribution in [2.75, 3.05) is 20.6 Å². The SMILES string of the molecule is Cc1ccc(C(C)C)cc1C(CC(C)CN)N(C)C. The van der Waals surface area contributed by atoms with Crippen molar-refractivity contribution in [3.63, 3.8) is 0 Å². The van der Waals surface area contributed by atoms with Crippen molar-refractivity contribution in [1.82, 2.24) is 4.90 Å². The van der Waals surface area contributed by atoms with Crippen LogP contribution in [0, 0.1) is 12.8 Å². The van der Waals surface area contributed by atoms with E-state index < -0.39 is 0 Å². The lowest BCUT2D eigenvalue weighted by Crippen LogP contribution is -2.25. The van der Waals surface area contributed by atoms with E-state index in [4.69, 9.17) is 5.73 Å². The number of hydrogen-bond acceptors (Lipinski definition) is 2. The van der Waals surface area contributed by atoms with E-state index in [0.717, 1.165) is 13.0 Å². The summed E-state index contributed by atoms with van der Waals surface area (Å²) in [6.07, 6.45) is 1.12. The van der Waals surface area contributed by atoms with E-state index in [2.05, 4.69) is 64.9 Å². The Hall–Kier alpha value is -0.860. The summed E-state index contributed by atoms with van der Waals surface area (Å²) in [4.78, 5) is 2.32. The van der Waals surface area contributed by atoms with Gasteiger partial charge in [-0.1, -0.05) is 39.0 Å². The van der Waals surface area contributed by atoms with Crippen molar-refractivity contribution in [2.45, 2.75) is 46.1 Å². The minimum Gasteiger partial charge on any atom is -0.330 e. The molecule has 0 aromatic heterocycles. The molecule has 0 aliphatic heterocycles. The number of benzene rings is 1. The van der Waals surface area contributed by atoms with E-state index in [1.54, 1.807) is 0 Å². The zero-order chi connectivity index (χ0) is 14.6. The Bertz CT molecular complexity index is 396. The fourth-order valence-corrected chi connectivity index (χ4v) is 2.47. The number of aryl methyl sites for hydroxylation is 1. The predicted molar refractivity (Wildman–Crippen MR) is 84.5 cm³/mol. The summed E-state index contributed by atoms with van der Waals surface area (Å²) in [6.45, 7) is 9.71. The summed E-state index contributed by atoms with van der Waals surface area (Å²) in [7, 11) is 4.32. The highest BCUT2D eigenvalue weighted by Gasteiger charge is 2.19. The van der Waals surface area contributed by atoms with Gasteiger partial charge in [-0.25, -0.2) is 0 Å². The highest BCUT2D eigenvalue weighted by atomic mass is 15.1. The van der Waals surface area contributed by atoms with Crippen LogP contribution in [0.2, 0.25) is 0 Å². The zero-order valence-corrected chi connectivity index (χ0v) is 13.4. The largest absolute Gasteiger partial charge is 0.330 e. The van der Waals surface area contributed by atoms with Gasteiger partial charge in [0.25, 0.3) is 0 Å². The molecule has 0 aliphatic rings. The summed E-state index contributed by atoms with van der Waals surface area (Å²) in [5.41, 5.74) is 10.1.